The van der Waals surface area contributed by atoms with E-state index < -0.39 is 11.9 Å². The van der Waals surface area contributed by atoms with Crippen molar-refractivity contribution in [3.8, 4) is 0 Å². The first-order valence-electron chi connectivity index (χ1n) is 9.32. The van der Waals surface area contributed by atoms with Crippen molar-refractivity contribution in [3.05, 3.63) is 0 Å². The normalized spacial score (nSPS) is 10.7. The molecule has 0 saturated carbocycles. The van der Waals surface area contributed by atoms with E-state index in [0.717, 1.165) is 12.8 Å². The predicted octanol–water partition coefficient (Wildman–Crippen LogP) is 1.74. The molecule has 154 valence electrons. The molecule has 0 aliphatic heterocycles. The molecule has 0 aromatic carbocycles. The average Bonchev–Trinajstić information content (AvgIpc) is 2.64. The van der Waals surface area contributed by atoms with Crippen LogP contribution in [0.2, 0.25) is 0 Å². The molecule has 0 aliphatic carbocycles. The SMILES string of the molecule is CCCOCCOCCOC(=O)CCC(=O)OCCOCCOCCC. The van der Waals surface area contributed by atoms with Gasteiger partial charge in [-0.2, -0.15) is 0 Å². The summed E-state index contributed by atoms with van der Waals surface area (Å²) in [6, 6.07) is 0. The second-order valence-corrected chi connectivity index (χ2v) is 5.39. The van der Waals surface area contributed by atoms with E-state index in [1.165, 1.54) is 0 Å². The second-order valence-electron chi connectivity index (χ2n) is 5.39. The number of carbonyl (C=O) groups is 2. The lowest BCUT2D eigenvalue weighted by Gasteiger charge is -2.07. The molecule has 0 bridgehead atoms. The molecule has 0 heterocycles. The summed E-state index contributed by atoms with van der Waals surface area (Å²) in [4.78, 5) is 22.9. The van der Waals surface area contributed by atoms with Gasteiger partial charge in [0.25, 0.3) is 0 Å². The van der Waals surface area contributed by atoms with E-state index >= 15 is 0 Å². The van der Waals surface area contributed by atoms with E-state index in [0.29, 0.717) is 52.9 Å². The zero-order chi connectivity index (χ0) is 19.3. The van der Waals surface area contributed by atoms with Crippen molar-refractivity contribution in [3.63, 3.8) is 0 Å². The van der Waals surface area contributed by atoms with Crippen LogP contribution in [0.15, 0.2) is 0 Å². The highest BCUT2D eigenvalue weighted by molar-refractivity contribution is 5.77. The summed E-state index contributed by atoms with van der Waals surface area (Å²) in [6.45, 7) is 8.45. The first kappa shape index (κ1) is 24.8. The van der Waals surface area contributed by atoms with Gasteiger partial charge in [0.2, 0.25) is 0 Å². The topological polar surface area (TPSA) is 89.5 Å². The van der Waals surface area contributed by atoms with Crippen LogP contribution < -0.4 is 0 Å². The fraction of sp³-hybridized carbons (Fsp3) is 0.889. The Morgan fingerprint density at radius 1 is 0.500 bits per heavy atom. The summed E-state index contributed by atoms with van der Waals surface area (Å²) in [7, 11) is 0. The van der Waals surface area contributed by atoms with Gasteiger partial charge in [0.15, 0.2) is 0 Å². The monoisotopic (exact) mass is 378 g/mol. The molecule has 0 radical (unpaired) electrons. The number of esters is 2. The summed E-state index contributed by atoms with van der Waals surface area (Å²) >= 11 is 0. The van der Waals surface area contributed by atoms with Crippen LogP contribution >= 0.6 is 0 Å². The molecule has 26 heavy (non-hydrogen) atoms. The third-order valence-electron chi connectivity index (χ3n) is 2.96. The Morgan fingerprint density at radius 2 is 0.808 bits per heavy atom. The third kappa shape index (κ3) is 19.1. The minimum atomic E-state index is -0.447. The van der Waals surface area contributed by atoms with Crippen molar-refractivity contribution < 1.29 is 38.0 Å². The highest BCUT2D eigenvalue weighted by Crippen LogP contribution is 1.96. The highest BCUT2D eigenvalue weighted by atomic mass is 16.6. The average molecular weight is 378 g/mol. The smallest absolute Gasteiger partial charge is 0.306 e. The fourth-order valence-electron chi connectivity index (χ4n) is 1.71. The van der Waals surface area contributed by atoms with E-state index in [2.05, 4.69) is 0 Å². The van der Waals surface area contributed by atoms with Crippen LogP contribution in [-0.2, 0) is 38.0 Å². The van der Waals surface area contributed by atoms with Crippen LogP contribution in [-0.4, -0.2) is 78.0 Å². The molecule has 0 aromatic heterocycles. The van der Waals surface area contributed by atoms with Crippen LogP contribution in [0, 0.1) is 0 Å². The molecular formula is C18H34O8. The third-order valence-corrected chi connectivity index (χ3v) is 2.96. The minimum absolute atomic E-state index is 0.00976. The highest BCUT2D eigenvalue weighted by Gasteiger charge is 2.09. The Balaban J connectivity index is 3.33. The number of rotatable bonds is 19. The number of ether oxygens (including phenoxy) is 6. The van der Waals surface area contributed by atoms with E-state index in [1.807, 2.05) is 13.8 Å². The van der Waals surface area contributed by atoms with Crippen LogP contribution in [0.1, 0.15) is 39.5 Å². The summed E-state index contributed by atoms with van der Waals surface area (Å²) in [5.74, 6) is -0.894. The van der Waals surface area contributed by atoms with Gasteiger partial charge in [0.05, 0.1) is 52.5 Å². The molecule has 0 atom stereocenters. The molecule has 8 nitrogen and oxygen atoms in total. The lowest BCUT2D eigenvalue weighted by Crippen LogP contribution is -2.16. The fourth-order valence-corrected chi connectivity index (χ4v) is 1.71. The standard InChI is InChI=1S/C18H34O8/c1-3-7-21-9-11-23-13-15-25-17(19)5-6-18(20)26-16-14-24-12-10-22-8-4-2/h3-16H2,1-2H3. The summed E-state index contributed by atoms with van der Waals surface area (Å²) in [5.41, 5.74) is 0. The molecule has 8 heteroatoms. The molecule has 0 aromatic rings. The molecule has 0 fully saturated rings. The Bertz CT molecular complexity index is 303. The van der Waals surface area contributed by atoms with Crippen LogP contribution in [0.3, 0.4) is 0 Å². The van der Waals surface area contributed by atoms with Crippen molar-refractivity contribution in [2.75, 3.05) is 66.1 Å². The minimum Gasteiger partial charge on any atom is -0.463 e. The van der Waals surface area contributed by atoms with Crippen molar-refractivity contribution in [2.24, 2.45) is 0 Å². The second kappa shape index (κ2) is 20.1. The van der Waals surface area contributed by atoms with E-state index in [4.69, 9.17) is 28.4 Å². The van der Waals surface area contributed by atoms with Crippen LogP contribution in [0.25, 0.3) is 0 Å². The summed E-state index contributed by atoms with van der Waals surface area (Å²) in [6.07, 6.45) is 1.93. The molecule has 0 saturated heterocycles. The van der Waals surface area contributed by atoms with Gasteiger partial charge in [-0.3, -0.25) is 9.59 Å². The molecule has 0 N–H and O–H groups in total. The van der Waals surface area contributed by atoms with Crippen molar-refractivity contribution >= 4 is 11.9 Å². The molecule has 0 rings (SSSR count). The van der Waals surface area contributed by atoms with E-state index in [-0.39, 0.29) is 26.1 Å². The first-order chi connectivity index (χ1) is 12.7. The van der Waals surface area contributed by atoms with Gasteiger partial charge < -0.3 is 28.4 Å². The van der Waals surface area contributed by atoms with Crippen molar-refractivity contribution in [1.29, 1.82) is 0 Å². The molecule has 0 unspecified atom stereocenters. The number of hydrogen-bond donors (Lipinski definition) is 0. The van der Waals surface area contributed by atoms with E-state index in [1.54, 1.807) is 0 Å². The largest absolute Gasteiger partial charge is 0.463 e. The van der Waals surface area contributed by atoms with Gasteiger partial charge >= 0.3 is 11.9 Å². The van der Waals surface area contributed by atoms with Gasteiger partial charge in [0, 0.05) is 13.2 Å². The molecule has 0 spiro atoms. The predicted molar refractivity (Wildman–Crippen MR) is 95.0 cm³/mol. The Kier molecular flexibility index (Phi) is 19.2. The van der Waals surface area contributed by atoms with Crippen LogP contribution in [0.5, 0.6) is 0 Å². The maximum Gasteiger partial charge on any atom is 0.306 e. The number of hydrogen-bond acceptors (Lipinski definition) is 8. The van der Waals surface area contributed by atoms with Gasteiger partial charge in [-0.05, 0) is 12.8 Å². The van der Waals surface area contributed by atoms with Gasteiger partial charge in [-0.15, -0.1) is 0 Å². The van der Waals surface area contributed by atoms with Crippen molar-refractivity contribution in [2.45, 2.75) is 39.5 Å². The van der Waals surface area contributed by atoms with Gasteiger partial charge in [-0.25, -0.2) is 0 Å². The Hall–Kier alpha value is -1.22. The van der Waals surface area contributed by atoms with Crippen molar-refractivity contribution in [1.82, 2.24) is 0 Å². The first-order valence-corrected chi connectivity index (χ1v) is 9.32. The van der Waals surface area contributed by atoms with Crippen LogP contribution in [0.4, 0.5) is 0 Å². The van der Waals surface area contributed by atoms with Gasteiger partial charge in [-0.1, -0.05) is 13.8 Å². The molecule has 0 aliphatic rings. The lowest BCUT2D eigenvalue weighted by molar-refractivity contribution is -0.152. The van der Waals surface area contributed by atoms with Gasteiger partial charge in [0.1, 0.15) is 13.2 Å². The zero-order valence-corrected chi connectivity index (χ0v) is 16.2. The van der Waals surface area contributed by atoms with E-state index in [9.17, 15) is 9.59 Å². The zero-order valence-electron chi connectivity index (χ0n) is 16.2. The Labute approximate surface area is 156 Å². The maximum atomic E-state index is 11.5. The molecular weight excluding hydrogens is 344 g/mol. The Morgan fingerprint density at radius 3 is 1.15 bits per heavy atom. The summed E-state index contributed by atoms with van der Waals surface area (Å²) in [5, 5.41) is 0. The summed E-state index contributed by atoms with van der Waals surface area (Å²) < 4.78 is 30.9. The number of carbonyl (C=O) groups excluding carboxylic acids is 2. The lowest BCUT2D eigenvalue weighted by atomic mass is 10.3. The maximum absolute atomic E-state index is 11.5. The quantitative estimate of drug-likeness (QED) is 0.248. The molecule has 0 amide bonds.